The second kappa shape index (κ2) is 5.31. The van der Waals surface area contributed by atoms with Gasteiger partial charge in [0.1, 0.15) is 0 Å². The molecule has 0 saturated carbocycles. The molecular formula is C12H17NO4. The lowest BCUT2D eigenvalue weighted by Crippen LogP contribution is -2.08. The summed E-state index contributed by atoms with van der Waals surface area (Å²) >= 11 is 0. The Morgan fingerprint density at radius 1 is 1.59 bits per heavy atom. The van der Waals surface area contributed by atoms with Crippen molar-refractivity contribution in [3.8, 4) is 0 Å². The third-order valence-electron chi connectivity index (χ3n) is 2.85. The monoisotopic (exact) mass is 239 g/mol. The molecule has 0 bridgehead atoms. The number of ether oxygens (including phenoxy) is 1. The number of carbonyl (C=O) groups is 1. The maximum absolute atomic E-state index is 11.0. The summed E-state index contributed by atoms with van der Waals surface area (Å²) in [7, 11) is 0. The van der Waals surface area contributed by atoms with Crippen LogP contribution < -0.4 is 0 Å². The second-order valence-corrected chi connectivity index (χ2v) is 4.28. The molecule has 2 heterocycles. The lowest BCUT2D eigenvalue weighted by atomic mass is 10.2. The number of hydrogen-bond acceptors (Lipinski definition) is 4. The van der Waals surface area contributed by atoms with Gasteiger partial charge < -0.3 is 14.3 Å². The number of carboxylic acids is 1. The van der Waals surface area contributed by atoms with Crippen LogP contribution in [0.3, 0.4) is 0 Å². The molecule has 1 saturated heterocycles. The van der Waals surface area contributed by atoms with Gasteiger partial charge in [0.15, 0.2) is 5.89 Å². The minimum absolute atomic E-state index is 0.0140. The van der Waals surface area contributed by atoms with Crippen molar-refractivity contribution in [2.75, 3.05) is 6.61 Å². The summed E-state index contributed by atoms with van der Waals surface area (Å²) in [6.07, 6.45) is 4.24. The molecule has 1 atom stereocenters. The van der Waals surface area contributed by atoms with Gasteiger partial charge in [-0.05, 0) is 19.3 Å². The smallest absolute Gasteiger partial charge is 0.373 e. The second-order valence-electron chi connectivity index (χ2n) is 4.28. The maximum atomic E-state index is 11.0. The van der Waals surface area contributed by atoms with E-state index in [0.29, 0.717) is 24.4 Å². The quantitative estimate of drug-likeness (QED) is 0.851. The van der Waals surface area contributed by atoms with Crippen molar-refractivity contribution in [2.24, 2.45) is 0 Å². The number of nitrogens with zero attached hydrogens (tertiary/aromatic N) is 1. The Labute approximate surface area is 99.8 Å². The first-order valence-corrected chi connectivity index (χ1v) is 6.04. The largest absolute Gasteiger partial charge is 0.475 e. The molecule has 0 spiro atoms. The fraction of sp³-hybridized carbons (Fsp3) is 0.667. The normalized spacial score (nSPS) is 19.7. The number of aromatic carboxylic acids is 1. The molecule has 17 heavy (non-hydrogen) atoms. The third-order valence-corrected chi connectivity index (χ3v) is 2.85. The van der Waals surface area contributed by atoms with Crippen LogP contribution in [0.25, 0.3) is 0 Å². The van der Waals surface area contributed by atoms with Crippen LogP contribution in [-0.2, 0) is 17.6 Å². The SMILES string of the molecule is CCCc1nc(CC2CCCO2)oc1C(=O)O. The molecule has 0 amide bonds. The van der Waals surface area contributed by atoms with Crippen molar-refractivity contribution in [3.05, 3.63) is 17.3 Å². The average Bonchev–Trinajstić information content (AvgIpc) is 2.89. The summed E-state index contributed by atoms with van der Waals surface area (Å²) in [5, 5.41) is 9.00. The van der Waals surface area contributed by atoms with Gasteiger partial charge in [0.05, 0.1) is 18.2 Å². The van der Waals surface area contributed by atoms with Crippen LogP contribution in [0, 0.1) is 0 Å². The van der Waals surface area contributed by atoms with E-state index in [9.17, 15) is 4.79 Å². The minimum atomic E-state index is -1.04. The van der Waals surface area contributed by atoms with Gasteiger partial charge in [-0.25, -0.2) is 9.78 Å². The first-order chi connectivity index (χ1) is 8.20. The highest BCUT2D eigenvalue weighted by Gasteiger charge is 2.23. The van der Waals surface area contributed by atoms with Crippen molar-refractivity contribution in [1.82, 2.24) is 4.98 Å². The summed E-state index contributed by atoms with van der Waals surface area (Å²) in [6.45, 7) is 2.76. The molecule has 2 rings (SSSR count). The van der Waals surface area contributed by atoms with E-state index in [1.54, 1.807) is 0 Å². The van der Waals surface area contributed by atoms with Gasteiger partial charge in [0.25, 0.3) is 0 Å². The van der Waals surface area contributed by atoms with E-state index < -0.39 is 5.97 Å². The highest BCUT2D eigenvalue weighted by molar-refractivity contribution is 5.85. The standard InChI is InChI=1S/C12H17NO4/c1-2-4-9-11(12(14)15)17-10(13-9)7-8-5-3-6-16-8/h8H,2-7H2,1H3,(H,14,15). The first-order valence-electron chi connectivity index (χ1n) is 6.04. The number of hydrogen-bond donors (Lipinski definition) is 1. The molecule has 1 aromatic rings. The number of aryl methyl sites for hydroxylation is 1. The van der Waals surface area contributed by atoms with E-state index in [4.69, 9.17) is 14.3 Å². The summed E-state index contributed by atoms with van der Waals surface area (Å²) < 4.78 is 10.8. The summed E-state index contributed by atoms with van der Waals surface area (Å²) in [4.78, 5) is 15.2. The Morgan fingerprint density at radius 2 is 2.41 bits per heavy atom. The Bertz CT molecular complexity index is 393. The Morgan fingerprint density at radius 3 is 3.00 bits per heavy atom. The molecule has 0 aromatic carbocycles. The van der Waals surface area contributed by atoms with Gasteiger partial charge >= 0.3 is 5.97 Å². The van der Waals surface area contributed by atoms with Crippen LogP contribution in [0.15, 0.2) is 4.42 Å². The third kappa shape index (κ3) is 2.85. The predicted octanol–water partition coefficient (Wildman–Crippen LogP) is 2.05. The lowest BCUT2D eigenvalue weighted by Gasteiger charge is -2.04. The van der Waals surface area contributed by atoms with E-state index >= 15 is 0 Å². The predicted molar refractivity (Wildman–Crippen MR) is 60.1 cm³/mol. The van der Waals surface area contributed by atoms with Crippen molar-refractivity contribution in [3.63, 3.8) is 0 Å². The van der Waals surface area contributed by atoms with Crippen molar-refractivity contribution >= 4 is 5.97 Å². The summed E-state index contributed by atoms with van der Waals surface area (Å²) in [5.41, 5.74) is 0.549. The van der Waals surface area contributed by atoms with Crippen LogP contribution >= 0.6 is 0 Å². The summed E-state index contributed by atoms with van der Waals surface area (Å²) in [6, 6.07) is 0. The Balaban J connectivity index is 2.11. The molecular weight excluding hydrogens is 222 g/mol. The molecule has 1 aliphatic heterocycles. The van der Waals surface area contributed by atoms with E-state index in [1.807, 2.05) is 6.92 Å². The fourth-order valence-electron chi connectivity index (χ4n) is 2.06. The molecule has 5 nitrogen and oxygen atoms in total. The van der Waals surface area contributed by atoms with Crippen molar-refractivity contribution in [2.45, 2.75) is 45.1 Å². The molecule has 1 aliphatic rings. The van der Waals surface area contributed by atoms with Crippen LogP contribution in [0.2, 0.25) is 0 Å². The molecule has 0 radical (unpaired) electrons. The number of rotatable bonds is 5. The Kier molecular flexibility index (Phi) is 3.78. The number of carboxylic acid groups (broad SMARTS) is 1. The van der Waals surface area contributed by atoms with E-state index in [1.165, 1.54) is 0 Å². The van der Waals surface area contributed by atoms with Gasteiger partial charge in [-0.3, -0.25) is 0 Å². The van der Waals surface area contributed by atoms with Gasteiger partial charge in [-0.1, -0.05) is 13.3 Å². The molecule has 5 heteroatoms. The molecule has 1 unspecified atom stereocenters. The molecule has 1 N–H and O–H groups in total. The highest BCUT2D eigenvalue weighted by atomic mass is 16.5. The lowest BCUT2D eigenvalue weighted by molar-refractivity contribution is 0.0653. The highest BCUT2D eigenvalue weighted by Crippen LogP contribution is 2.19. The van der Waals surface area contributed by atoms with Gasteiger partial charge in [0.2, 0.25) is 5.76 Å². The van der Waals surface area contributed by atoms with E-state index in [2.05, 4.69) is 4.98 Å². The van der Waals surface area contributed by atoms with Gasteiger partial charge in [-0.2, -0.15) is 0 Å². The zero-order valence-electron chi connectivity index (χ0n) is 9.94. The zero-order chi connectivity index (χ0) is 12.3. The van der Waals surface area contributed by atoms with Crippen LogP contribution in [-0.4, -0.2) is 28.8 Å². The van der Waals surface area contributed by atoms with Crippen molar-refractivity contribution in [1.29, 1.82) is 0 Å². The average molecular weight is 239 g/mol. The zero-order valence-corrected chi connectivity index (χ0v) is 9.94. The van der Waals surface area contributed by atoms with E-state index in [-0.39, 0.29) is 11.9 Å². The van der Waals surface area contributed by atoms with Gasteiger partial charge in [-0.15, -0.1) is 0 Å². The fourth-order valence-corrected chi connectivity index (χ4v) is 2.06. The molecule has 0 aliphatic carbocycles. The van der Waals surface area contributed by atoms with Crippen LogP contribution in [0.1, 0.15) is 48.3 Å². The first kappa shape index (κ1) is 12.1. The maximum Gasteiger partial charge on any atom is 0.373 e. The topological polar surface area (TPSA) is 72.6 Å². The molecule has 1 aromatic heterocycles. The van der Waals surface area contributed by atoms with E-state index in [0.717, 1.165) is 25.9 Å². The van der Waals surface area contributed by atoms with Crippen molar-refractivity contribution < 1.29 is 19.1 Å². The van der Waals surface area contributed by atoms with Gasteiger partial charge in [0, 0.05) is 6.61 Å². The molecule has 1 fully saturated rings. The van der Waals surface area contributed by atoms with Crippen LogP contribution in [0.5, 0.6) is 0 Å². The molecule has 94 valence electrons. The summed E-state index contributed by atoms with van der Waals surface area (Å²) in [5.74, 6) is -0.572. The minimum Gasteiger partial charge on any atom is -0.475 e. The number of aromatic nitrogens is 1. The Hall–Kier alpha value is -1.36. The van der Waals surface area contributed by atoms with Crippen LogP contribution in [0.4, 0.5) is 0 Å². The number of oxazole rings is 1.